The summed E-state index contributed by atoms with van der Waals surface area (Å²) in [7, 11) is 0. The van der Waals surface area contributed by atoms with Crippen LogP contribution in [0.2, 0.25) is 0 Å². The molecule has 1 aromatic carbocycles. The number of rotatable bonds is 4. The van der Waals surface area contributed by atoms with Gasteiger partial charge in [-0.25, -0.2) is 9.37 Å². The highest BCUT2D eigenvalue weighted by Crippen LogP contribution is 2.37. The molecule has 0 radical (unpaired) electrons. The van der Waals surface area contributed by atoms with Crippen LogP contribution in [0.4, 0.5) is 15.9 Å². The number of pyridine rings is 1. The van der Waals surface area contributed by atoms with E-state index in [0.717, 1.165) is 24.7 Å². The molecule has 1 fully saturated rings. The van der Waals surface area contributed by atoms with Crippen LogP contribution in [-0.2, 0) is 10.3 Å². The highest BCUT2D eigenvalue weighted by atomic mass is 32.2. The predicted molar refractivity (Wildman–Crippen MR) is 118 cm³/mol. The first kappa shape index (κ1) is 20.6. The smallest absolute Gasteiger partial charge is 0.255 e. The van der Waals surface area contributed by atoms with Crippen molar-refractivity contribution in [3.8, 4) is 0 Å². The second kappa shape index (κ2) is 8.61. The summed E-state index contributed by atoms with van der Waals surface area (Å²) in [5, 5.41) is 3.31. The van der Waals surface area contributed by atoms with Crippen LogP contribution in [0.5, 0.6) is 0 Å². The van der Waals surface area contributed by atoms with E-state index < -0.39 is 5.54 Å². The van der Waals surface area contributed by atoms with Crippen molar-refractivity contribution in [1.82, 2.24) is 4.98 Å². The van der Waals surface area contributed by atoms with E-state index in [1.807, 2.05) is 6.92 Å². The van der Waals surface area contributed by atoms with Crippen molar-refractivity contribution >= 4 is 34.3 Å². The highest BCUT2D eigenvalue weighted by Gasteiger charge is 2.32. The summed E-state index contributed by atoms with van der Waals surface area (Å²) < 4.78 is 20.0. The van der Waals surface area contributed by atoms with Gasteiger partial charge in [-0.2, -0.15) is 0 Å². The molecular formula is C21H24FN5O2S. The molecule has 1 aromatic heterocycles. The summed E-state index contributed by atoms with van der Waals surface area (Å²) in [6, 6.07) is 7.97. The van der Waals surface area contributed by atoms with Gasteiger partial charge < -0.3 is 20.7 Å². The molecule has 7 nitrogen and oxygen atoms in total. The zero-order valence-electron chi connectivity index (χ0n) is 16.7. The predicted octanol–water partition coefficient (Wildman–Crippen LogP) is 2.98. The number of aromatic nitrogens is 1. The molecule has 2 aliphatic rings. The minimum absolute atomic E-state index is 0.281. The minimum Gasteiger partial charge on any atom is -0.379 e. The number of hydrogen-bond acceptors (Lipinski definition) is 7. The molecule has 4 rings (SSSR count). The topological polar surface area (TPSA) is 92.8 Å². The van der Waals surface area contributed by atoms with E-state index >= 15 is 0 Å². The summed E-state index contributed by atoms with van der Waals surface area (Å²) in [6.45, 7) is 4.61. The fourth-order valence-electron chi connectivity index (χ4n) is 3.62. The van der Waals surface area contributed by atoms with Crippen LogP contribution in [0.1, 0.15) is 29.3 Å². The quantitative estimate of drug-likeness (QED) is 0.776. The van der Waals surface area contributed by atoms with E-state index in [9.17, 15) is 9.18 Å². The SMILES string of the molecule is CC1(c2cc(NC(=O)c3ccnc(N4CCOCC4)c3)ccc2F)CCSC(N)=N1. The monoisotopic (exact) mass is 429 g/mol. The van der Waals surface area contributed by atoms with Gasteiger partial charge in [0, 0.05) is 41.9 Å². The maximum absolute atomic E-state index is 14.6. The van der Waals surface area contributed by atoms with Gasteiger partial charge in [0.05, 0.1) is 18.8 Å². The van der Waals surface area contributed by atoms with Crippen molar-refractivity contribution in [3.63, 3.8) is 0 Å². The van der Waals surface area contributed by atoms with Gasteiger partial charge in [0.2, 0.25) is 0 Å². The molecule has 2 aromatic rings. The lowest BCUT2D eigenvalue weighted by atomic mass is 9.89. The van der Waals surface area contributed by atoms with Gasteiger partial charge in [0.1, 0.15) is 11.6 Å². The van der Waals surface area contributed by atoms with Gasteiger partial charge in [-0.15, -0.1) is 0 Å². The molecule has 1 atom stereocenters. The van der Waals surface area contributed by atoms with Crippen LogP contribution in [0, 0.1) is 5.82 Å². The summed E-state index contributed by atoms with van der Waals surface area (Å²) in [4.78, 5) is 23.7. The summed E-state index contributed by atoms with van der Waals surface area (Å²) in [5.41, 5.74) is 6.54. The Morgan fingerprint density at radius 2 is 2.10 bits per heavy atom. The van der Waals surface area contributed by atoms with Crippen molar-refractivity contribution in [2.24, 2.45) is 10.7 Å². The van der Waals surface area contributed by atoms with Gasteiger partial charge in [0.25, 0.3) is 5.91 Å². The number of nitrogens with zero attached hydrogens (tertiary/aromatic N) is 3. The number of morpholine rings is 1. The van der Waals surface area contributed by atoms with Crippen molar-refractivity contribution < 1.29 is 13.9 Å². The second-order valence-electron chi connectivity index (χ2n) is 7.47. The highest BCUT2D eigenvalue weighted by molar-refractivity contribution is 8.13. The van der Waals surface area contributed by atoms with Crippen molar-refractivity contribution in [3.05, 3.63) is 53.5 Å². The Bertz CT molecular complexity index is 980. The van der Waals surface area contributed by atoms with E-state index in [1.165, 1.54) is 17.8 Å². The van der Waals surface area contributed by atoms with Crippen molar-refractivity contribution in [1.29, 1.82) is 0 Å². The Labute approximate surface area is 178 Å². The molecule has 1 unspecified atom stereocenters. The number of aliphatic imine (C=N–C) groups is 1. The molecule has 0 bridgehead atoms. The number of ether oxygens (including phenoxy) is 1. The maximum Gasteiger partial charge on any atom is 0.255 e. The van der Waals surface area contributed by atoms with Crippen LogP contribution in [-0.4, -0.2) is 48.1 Å². The third-order valence-corrected chi connectivity index (χ3v) is 6.14. The molecule has 9 heteroatoms. The lowest BCUT2D eigenvalue weighted by Gasteiger charge is -2.30. The molecule has 158 valence electrons. The van der Waals surface area contributed by atoms with Gasteiger partial charge in [0.15, 0.2) is 5.17 Å². The van der Waals surface area contributed by atoms with Gasteiger partial charge >= 0.3 is 0 Å². The van der Waals surface area contributed by atoms with E-state index in [4.69, 9.17) is 10.5 Å². The zero-order chi connectivity index (χ0) is 21.1. The van der Waals surface area contributed by atoms with E-state index in [2.05, 4.69) is 20.2 Å². The molecule has 3 heterocycles. The van der Waals surface area contributed by atoms with Crippen LogP contribution < -0.4 is 16.0 Å². The number of nitrogens with two attached hydrogens (primary N) is 1. The Morgan fingerprint density at radius 3 is 2.87 bits per heavy atom. The third kappa shape index (κ3) is 4.41. The first-order chi connectivity index (χ1) is 14.4. The number of carbonyl (C=O) groups is 1. The van der Waals surface area contributed by atoms with Crippen molar-refractivity contribution in [2.45, 2.75) is 18.9 Å². The first-order valence-electron chi connectivity index (χ1n) is 9.83. The molecule has 3 N–H and O–H groups in total. The van der Waals surface area contributed by atoms with E-state index in [1.54, 1.807) is 30.5 Å². The average molecular weight is 430 g/mol. The standard InChI is InChI=1S/C21H24FN5O2S/c1-21(5-11-30-20(23)26-21)16-13-15(2-3-17(16)22)25-19(28)14-4-6-24-18(12-14)27-7-9-29-10-8-27/h2-4,6,12-13H,5,7-11H2,1H3,(H2,23,26)(H,25,28). The third-order valence-electron chi connectivity index (χ3n) is 5.34. The molecule has 0 spiro atoms. The molecular weight excluding hydrogens is 405 g/mol. The summed E-state index contributed by atoms with van der Waals surface area (Å²) in [6.07, 6.45) is 2.29. The average Bonchev–Trinajstić information content (AvgIpc) is 2.75. The maximum atomic E-state index is 14.6. The van der Waals surface area contributed by atoms with Gasteiger partial charge in [-0.1, -0.05) is 11.8 Å². The number of nitrogens with one attached hydrogen (secondary N) is 1. The number of benzene rings is 1. The molecule has 1 saturated heterocycles. The lowest BCUT2D eigenvalue weighted by molar-refractivity contribution is 0.102. The lowest BCUT2D eigenvalue weighted by Crippen LogP contribution is -2.36. The number of hydrogen-bond donors (Lipinski definition) is 2. The van der Waals surface area contributed by atoms with E-state index in [0.29, 0.717) is 41.6 Å². The summed E-state index contributed by atoms with van der Waals surface area (Å²) in [5.74, 6) is 0.862. The first-order valence-corrected chi connectivity index (χ1v) is 10.8. The minimum atomic E-state index is -0.750. The van der Waals surface area contributed by atoms with Crippen LogP contribution in [0.15, 0.2) is 41.5 Å². The van der Waals surface area contributed by atoms with Crippen molar-refractivity contribution in [2.75, 3.05) is 42.3 Å². The number of anilines is 2. The number of carbonyl (C=O) groups excluding carboxylic acids is 1. The number of amidine groups is 1. The molecule has 0 aliphatic carbocycles. The van der Waals surface area contributed by atoms with E-state index in [-0.39, 0.29) is 11.7 Å². The molecule has 2 aliphatic heterocycles. The largest absolute Gasteiger partial charge is 0.379 e. The Kier molecular flexibility index (Phi) is 5.92. The Balaban J connectivity index is 1.55. The fraction of sp³-hybridized carbons (Fsp3) is 0.381. The summed E-state index contributed by atoms with van der Waals surface area (Å²) >= 11 is 1.46. The van der Waals surface area contributed by atoms with Gasteiger partial charge in [-0.3, -0.25) is 9.79 Å². The normalized spacial score (nSPS) is 21.8. The molecule has 0 saturated carbocycles. The molecule has 1 amide bonds. The van der Waals surface area contributed by atoms with Gasteiger partial charge in [-0.05, 0) is 43.7 Å². The number of amides is 1. The second-order valence-corrected chi connectivity index (χ2v) is 8.59. The number of thioether (sulfide) groups is 1. The van der Waals surface area contributed by atoms with Crippen LogP contribution in [0.3, 0.4) is 0 Å². The zero-order valence-corrected chi connectivity index (χ0v) is 17.5. The van der Waals surface area contributed by atoms with Crippen LogP contribution >= 0.6 is 11.8 Å². The number of halogens is 1. The van der Waals surface area contributed by atoms with Crippen LogP contribution in [0.25, 0.3) is 0 Å². The Morgan fingerprint density at radius 1 is 1.30 bits per heavy atom. The molecule has 30 heavy (non-hydrogen) atoms. The fourth-order valence-corrected chi connectivity index (χ4v) is 4.60. The Hall–Kier alpha value is -2.65.